The number of halogens is 1. The SMILES string of the molecule is COCC(C)n1c(SCc2cc(OC)c(OC)cc2Br)nc2ccccc2c1=O. The molecule has 3 aromatic rings. The predicted octanol–water partition coefficient (Wildman–Crippen LogP) is 4.68. The van der Waals surface area contributed by atoms with Gasteiger partial charge in [0.25, 0.3) is 5.56 Å². The van der Waals surface area contributed by atoms with Crippen LogP contribution in [0.3, 0.4) is 0 Å². The quantitative estimate of drug-likeness (QED) is 0.346. The van der Waals surface area contributed by atoms with E-state index in [2.05, 4.69) is 15.9 Å². The maximum absolute atomic E-state index is 13.1. The normalized spacial score (nSPS) is 12.2. The topological polar surface area (TPSA) is 62.6 Å². The molecule has 3 rings (SSSR count). The van der Waals surface area contributed by atoms with Crippen LogP contribution >= 0.6 is 27.7 Å². The van der Waals surface area contributed by atoms with Crippen molar-refractivity contribution < 1.29 is 14.2 Å². The summed E-state index contributed by atoms with van der Waals surface area (Å²) in [5.41, 5.74) is 1.64. The maximum atomic E-state index is 13.1. The molecule has 2 aromatic carbocycles. The third kappa shape index (κ3) is 4.60. The summed E-state index contributed by atoms with van der Waals surface area (Å²) < 4.78 is 18.7. The van der Waals surface area contributed by atoms with Gasteiger partial charge >= 0.3 is 0 Å². The maximum Gasteiger partial charge on any atom is 0.262 e. The molecule has 0 amide bonds. The average molecular weight is 479 g/mol. The molecule has 0 saturated heterocycles. The molecule has 0 saturated carbocycles. The minimum atomic E-state index is -0.138. The molecule has 1 unspecified atom stereocenters. The van der Waals surface area contributed by atoms with Crippen LogP contribution in [0.5, 0.6) is 11.5 Å². The Balaban J connectivity index is 2.01. The smallest absolute Gasteiger partial charge is 0.262 e. The van der Waals surface area contributed by atoms with Crippen molar-refractivity contribution in [3.63, 3.8) is 0 Å². The lowest BCUT2D eigenvalue weighted by atomic mass is 10.2. The van der Waals surface area contributed by atoms with E-state index < -0.39 is 0 Å². The molecule has 6 nitrogen and oxygen atoms in total. The van der Waals surface area contributed by atoms with Crippen molar-refractivity contribution in [2.24, 2.45) is 0 Å². The highest BCUT2D eigenvalue weighted by Gasteiger charge is 2.18. The number of ether oxygens (including phenoxy) is 3. The molecule has 0 aliphatic carbocycles. The van der Waals surface area contributed by atoms with Crippen LogP contribution in [0.15, 0.2) is 50.8 Å². The first-order valence-corrected chi connectivity index (χ1v) is 10.8. The number of fused-ring (bicyclic) bond motifs is 1. The molecule has 0 radical (unpaired) electrons. The number of methoxy groups -OCH3 is 3. The second-order valence-corrected chi connectivity index (χ2v) is 8.28. The Hall–Kier alpha value is -2.03. The number of aromatic nitrogens is 2. The molecule has 0 spiro atoms. The Labute approximate surface area is 182 Å². The molecule has 8 heteroatoms. The first kappa shape index (κ1) is 21.7. The van der Waals surface area contributed by atoms with E-state index in [9.17, 15) is 4.79 Å². The van der Waals surface area contributed by atoms with Crippen molar-refractivity contribution in [2.75, 3.05) is 27.9 Å². The molecule has 154 valence electrons. The van der Waals surface area contributed by atoms with E-state index in [0.29, 0.717) is 39.9 Å². The minimum absolute atomic E-state index is 0.0611. The molecule has 0 aliphatic heterocycles. The van der Waals surface area contributed by atoms with Gasteiger partial charge in [-0.05, 0) is 36.8 Å². The van der Waals surface area contributed by atoms with Gasteiger partial charge in [-0.3, -0.25) is 9.36 Å². The van der Waals surface area contributed by atoms with Crippen molar-refractivity contribution in [3.05, 3.63) is 56.8 Å². The lowest BCUT2D eigenvalue weighted by Crippen LogP contribution is -2.28. The summed E-state index contributed by atoms with van der Waals surface area (Å²) in [6, 6.07) is 11.1. The molecule has 0 bridgehead atoms. The molecule has 29 heavy (non-hydrogen) atoms. The van der Waals surface area contributed by atoms with E-state index in [0.717, 1.165) is 10.0 Å². The van der Waals surface area contributed by atoms with Crippen LogP contribution in [0, 0.1) is 0 Å². The first-order chi connectivity index (χ1) is 14.0. The van der Waals surface area contributed by atoms with Gasteiger partial charge in [-0.2, -0.15) is 0 Å². The number of thioether (sulfide) groups is 1. The Morgan fingerprint density at radius 3 is 2.52 bits per heavy atom. The zero-order valence-electron chi connectivity index (χ0n) is 16.8. The molecule has 0 fully saturated rings. The lowest BCUT2D eigenvalue weighted by molar-refractivity contribution is 0.156. The van der Waals surface area contributed by atoms with E-state index >= 15 is 0 Å². The van der Waals surface area contributed by atoms with Crippen LogP contribution in [0.25, 0.3) is 10.9 Å². The van der Waals surface area contributed by atoms with Gasteiger partial charge in [0.2, 0.25) is 0 Å². The monoisotopic (exact) mass is 478 g/mol. The summed E-state index contributed by atoms with van der Waals surface area (Å²) in [6.45, 7) is 2.38. The van der Waals surface area contributed by atoms with Crippen LogP contribution in [0.2, 0.25) is 0 Å². The van der Waals surface area contributed by atoms with Gasteiger partial charge < -0.3 is 14.2 Å². The summed E-state index contributed by atoms with van der Waals surface area (Å²) in [4.78, 5) is 17.9. The Bertz CT molecular complexity index is 1070. The number of rotatable bonds is 8. The minimum Gasteiger partial charge on any atom is -0.493 e. The van der Waals surface area contributed by atoms with E-state index in [4.69, 9.17) is 19.2 Å². The Kier molecular flexibility index (Phi) is 7.21. The van der Waals surface area contributed by atoms with Gasteiger partial charge in [0.05, 0.1) is 37.8 Å². The van der Waals surface area contributed by atoms with Gasteiger partial charge in [0, 0.05) is 17.3 Å². The average Bonchev–Trinajstić information content (AvgIpc) is 2.72. The predicted molar refractivity (Wildman–Crippen MR) is 119 cm³/mol. The zero-order chi connectivity index (χ0) is 21.0. The van der Waals surface area contributed by atoms with Crippen LogP contribution in [0.1, 0.15) is 18.5 Å². The third-order valence-electron chi connectivity index (χ3n) is 4.53. The first-order valence-electron chi connectivity index (χ1n) is 9.03. The third-order valence-corrected chi connectivity index (χ3v) is 6.27. The van der Waals surface area contributed by atoms with Crippen molar-refractivity contribution in [1.82, 2.24) is 9.55 Å². The highest BCUT2D eigenvalue weighted by Crippen LogP contribution is 2.36. The number of hydrogen-bond donors (Lipinski definition) is 0. The molecular formula is C21H23BrN2O4S. The van der Waals surface area contributed by atoms with E-state index in [-0.39, 0.29) is 11.6 Å². The fourth-order valence-electron chi connectivity index (χ4n) is 3.08. The Morgan fingerprint density at radius 1 is 1.14 bits per heavy atom. The molecule has 0 N–H and O–H groups in total. The van der Waals surface area contributed by atoms with E-state index in [1.165, 1.54) is 11.8 Å². The van der Waals surface area contributed by atoms with Crippen molar-refractivity contribution in [3.8, 4) is 11.5 Å². The molecular weight excluding hydrogens is 456 g/mol. The van der Waals surface area contributed by atoms with Crippen molar-refractivity contribution >= 4 is 38.6 Å². The van der Waals surface area contributed by atoms with Gasteiger partial charge in [-0.1, -0.05) is 39.8 Å². The summed E-state index contributed by atoms with van der Waals surface area (Å²) in [6.07, 6.45) is 0. The van der Waals surface area contributed by atoms with Gasteiger partial charge in [-0.25, -0.2) is 4.98 Å². The second-order valence-electron chi connectivity index (χ2n) is 6.48. The van der Waals surface area contributed by atoms with Crippen molar-refractivity contribution in [1.29, 1.82) is 0 Å². The molecule has 1 atom stereocenters. The number of benzene rings is 2. The largest absolute Gasteiger partial charge is 0.493 e. The highest BCUT2D eigenvalue weighted by molar-refractivity contribution is 9.10. The molecule has 0 aliphatic rings. The van der Waals surface area contributed by atoms with E-state index in [1.54, 1.807) is 32.0 Å². The number of hydrogen-bond acceptors (Lipinski definition) is 6. The van der Waals surface area contributed by atoms with Crippen LogP contribution in [-0.4, -0.2) is 37.5 Å². The van der Waals surface area contributed by atoms with Crippen molar-refractivity contribution in [2.45, 2.75) is 23.9 Å². The second kappa shape index (κ2) is 9.65. The highest BCUT2D eigenvalue weighted by atomic mass is 79.9. The molecule has 1 aromatic heterocycles. The van der Waals surface area contributed by atoms with E-state index in [1.807, 2.05) is 37.3 Å². The zero-order valence-corrected chi connectivity index (χ0v) is 19.2. The Morgan fingerprint density at radius 2 is 1.83 bits per heavy atom. The molecule has 1 heterocycles. The summed E-state index contributed by atoms with van der Waals surface area (Å²) >= 11 is 5.09. The number of nitrogens with zero attached hydrogens (tertiary/aromatic N) is 2. The fraction of sp³-hybridized carbons (Fsp3) is 0.333. The number of para-hydroxylation sites is 1. The van der Waals surface area contributed by atoms with Gasteiger partial charge in [0.15, 0.2) is 16.7 Å². The standard InChI is InChI=1S/C21H23BrN2O4S/c1-13(11-26-2)24-20(25)15-7-5-6-8-17(15)23-21(24)29-12-14-9-18(27-3)19(28-4)10-16(14)22/h5-10,13H,11-12H2,1-4H3. The van der Waals surface area contributed by atoms with Crippen LogP contribution in [-0.2, 0) is 10.5 Å². The van der Waals surface area contributed by atoms with Crippen LogP contribution < -0.4 is 15.0 Å². The summed E-state index contributed by atoms with van der Waals surface area (Å²) in [5.74, 6) is 1.91. The van der Waals surface area contributed by atoms with Gasteiger partial charge in [-0.15, -0.1) is 0 Å². The lowest BCUT2D eigenvalue weighted by Gasteiger charge is -2.19. The van der Waals surface area contributed by atoms with Crippen LogP contribution in [0.4, 0.5) is 0 Å². The van der Waals surface area contributed by atoms with Gasteiger partial charge in [0.1, 0.15) is 0 Å². The summed E-state index contributed by atoms with van der Waals surface area (Å²) in [7, 11) is 4.84. The fourth-order valence-corrected chi connectivity index (χ4v) is 4.82. The summed E-state index contributed by atoms with van der Waals surface area (Å²) in [5, 5.41) is 1.26.